The van der Waals surface area contributed by atoms with Gasteiger partial charge in [-0.2, -0.15) is 5.10 Å². The van der Waals surface area contributed by atoms with Crippen LogP contribution in [0.4, 0.5) is 0 Å². The summed E-state index contributed by atoms with van der Waals surface area (Å²) in [6.07, 6.45) is 5.80. The Hall–Kier alpha value is -3.38. The van der Waals surface area contributed by atoms with Crippen molar-refractivity contribution in [2.24, 2.45) is 7.05 Å². The number of hydrogen-bond acceptors (Lipinski definition) is 4. The van der Waals surface area contributed by atoms with Gasteiger partial charge in [0.25, 0.3) is 5.91 Å². The molecular weight excluding hydrogens is 404 g/mol. The average Bonchev–Trinajstić information content (AvgIpc) is 3.13. The molecule has 0 unspecified atom stereocenters. The largest absolute Gasteiger partial charge is 0.355 e. The van der Waals surface area contributed by atoms with Gasteiger partial charge in [-0.1, -0.05) is 43.8 Å². The Balaban J connectivity index is 0.00000132. The number of rotatable bonds is 5. The van der Waals surface area contributed by atoms with Crippen molar-refractivity contribution in [2.75, 3.05) is 7.05 Å². The summed E-state index contributed by atoms with van der Waals surface area (Å²) < 4.78 is 1.87. The van der Waals surface area contributed by atoms with E-state index in [0.717, 1.165) is 32.1 Å². The van der Waals surface area contributed by atoms with Crippen LogP contribution in [0, 0.1) is 0 Å². The third-order valence-electron chi connectivity index (χ3n) is 4.54. The second kappa shape index (κ2) is 10.6. The van der Waals surface area contributed by atoms with Gasteiger partial charge in [-0.15, -0.1) is 0 Å². The summed E-state index contributed by atoms with van der Waals surface area (Å²) in [5.74, 6) is -0.0889. The Labute approximate surface area is 187 Å². The average molecular weight is 431 g/mol. The molecule has 1 N–H and O–H groups in total. The molecular formula is C25H26N4OS. The van der Waals surface area contributed by atoms with E-state index in [9.17, 15) is 4.79 Å². The number of aryl methyl sites for hydroxylation is 1. The fraction of sp³-hybridized carbons (Fsp3) is 0.160. The van der Waals surface area contributed by atoms with Crippen LogP contribution >= 0.6 is 11.8 Å². The normalized spacial score (nSPS) is 10.7. The van der Waals surface area contributed by atoms with Gasteiger partial charge in [-0.05, 0) is 54.6 Å². The molecule has 31 heavy (non-hydrogen) atoms. The first-order valence-corrected chi connectivity index (χ1v) is 11.0. The first-order chi connectivity index (χ1) is 15.2. The van der Waals surface area contributed by atoms with Crippen LogP contribution in [-0.2, 0) is 7.05 Å². The molecule has 0 aliphatic rings. The second-order valence-corrected chi connectivity index (χ2v) is 7.57. The van der Waals surface area contributed by atoms with Crippen LogP contribution in [0.25, 0.3) is 23.1 Å². The van der Waals surface area contributed by atoms with E-state index in [1.807, 2.05) is 80.2 Å². The molecule has 0 saturated heterocycles. The molecule has 0 radical (unpaired) electrons. The third kappa shape index (κ3) is 5.22. The summed E-state index contributed by atoms with van der Waals surface area (Å²) in [4.78, 5) is 18.4. The van der Waals surface area contributed by atoms with Crippen molar-refractivity contribution in [1.29, 1.82) is 0 Å². The third-order valence-corrected chi connectivity index (χ3v) is 5.60. The molecule has 158 valence electrons. The van der Waals surface area contributed by atoms with E-state index in [0.29, 0.717) is 5.56 Å². The maximum absolute atomic E-state index is 12.1. The Morgan fingerprint density at radius 3 is 2.55 bits per heavy atom. The zero-order chi connectivity index (χ0) is 22.2. The number of nitrogens with one attached hydrogen (secondary N) is 1. The van der Waals surface area contributed by atoms with E-state index >= 15 is 0 Å². The van der Waals surface area contributed by atoms with E-state index in [1.54, 1.807) is 25.0 Å². The molecule has 6 heteroatoms. The summed E-state index contributed by atoms with van der Waals surface area (Å²) >= 11 is 1.56. The van der Waals surface area contributed by atoms with E-state index in [-0.39, 0.29) is 5.91 Å². The highest BCUT2D eigenvalue weighted by atomic mass is 32.2. The molecule has 0 bridgehead atoms. The summed E-state index contributed by atoms with van der Waals surface area (Å²) in [5.41, 5.74) is 3.50. The Morgan fingerprint density at radius 2 is 1.81 bits per heavy atom. The fourth-order valence-electron chi connectivity index (χ4n) is 3.11. The lowest BCUT2D eigenvalue weighted by molar-refractivity contribution is 0.0960. The van der Waals surface area contributed by atoms with Gasteiger partial charge >= 0.3 is 0 Å². The number of nitrogens with zero attached hydrogens (tertiary/aromatic N) is 3. The first-order valence-electron chi connectivity index (χ1n) is 10.2. The standard InChI is InChI=1S/C23H20N4OS.C2H6/c1-24-23(28)19-8-3-4-9-22(19)29-17-11-12-18-20(15-17)26-27(2)21(18)13-10-16-7-5-6-14-25-16;1-2/h3-15H,1-2H3,(H,24,28);1-2H3/b13-10+;. The van der Waals surface area contributed by atoms with Crippen LogP contribution in [0.1, 0.15) is 35.6 Å². The smallest absolute Gasteiger partial charge is 0.252 e. The van der Waals surface area contributed by atoms with Gasteiger partial charge in [-0.3, -0.25) is 14.5 Å². The lowest BCUT2D eigenvalue weighted by Gasteiger charge is -2.07. The summed E-state index contributed by atoms with van der Waals surface area (Å²) in [7, 11) is 3.58. The Kier molecular flexibility index (Phi) is 7.62. The number of fused-ring (bicyclic) bond motifs is 1. The van der Waals surface area contributed by atoms with E-state index < -0.39 is 0 Å². The fourth-order valence-corrected chi connectivity index (χ4v) is 4.08. The highest BCUT2D eigenvalue weighted by Crippen LogP contribution is 2.33. The van der Waals surface area contributed by atoms with Crippen LogP contribution in [-0.4, -0.2) is 27.7 Å². The molecule has 1 amide bonds. The van der Waals surface area contributed by atoms with Gasteiger partial charge in [0.05, 0.1) is 22.5 Å². The molecule has 2 heterocycles. The topological polar surface area (TPSA) is 59.8 Å². The van der Waals surface area contributed by atoms with E-state index in [2.05, 4.69) is 33.6 Å². The zero-order valence-electron chi connectivity index (χ0n) is 18.2. The maximum atomic E-state index is 12.1. The number of pyridine rings is 1. The van der Waals surface area contributed by atoms with Crippen LogP contribution in [0.3, 0.4) is 0 Å². The van der Waals surface area contributed by atoms with Crippen molar-refractivity contribution in [1.82, 2.24) is 20.1 Å². The minimum atomic E-state index is -0.0889. The van der Waals surface area contributed by atoms with Crippen LogP contribution in [0.2, 0.25) is 0 Å². The van der Waals surface area contributed by atoms with Gasteiger partial charge in [0.2, 0.25) is 0 Å². The highest BCUT2D eigenvalue weighted by molar-refractivity contribution is 7.99. The number of aromatic nitrogens is 3. The molecule has 0 spiro atoms. The molecule has 2 aromatic heterocycles. The number of carbonyl (C=O) groups excluding carboxylic acids is 1. The quantitative estimate of drug-likeness (QED) is 0.443. The molecule has 5 nitrogen and oxygen atoms in total. The molecule has 2 aromatic carbocycles. The maximum Gasteiger partial charge on any atom is 0.252 e. The zero-order valence-corrected chi connectivity index (χ0v) is 19.0. The van der Waals surface area contributed by atoms with Crippen molar-refractivity contribution in [3.8, 4) is 0 Å². The number of benzene rings is 2. The summed E-state index contributed by atoms with van der Waals surface area (Å²) in [5, 5.41) is 8.42. The predicted molar refractivity (Wildman–Crippen MR) is 129 cm³/mol. The van der Waals surface area contributed by atoms with Crippen molar-refractivity contribution >= 4 is 40.7 Å². The van der Waals surface area contributed by atoms with Crippen molar-refractivity contribution in [3.63, 3.8) is 0 Å². The lowest BCUT2D eigenvalue weighted by Crippen LogP contribution is -2.18. The molecule has 0 fully saturated rings. The second-order valence-electron chi connectivity index (χ2n) is 6.45. The highest BCUT2D eigenvalue weighted by Gasteiger charge is 2.12. The van der Waals surface area contributed by atoms with Crippen molar-refractivity contribution < 1.29 is 4.79 Å². The van der Waals surface area contributed by atoms with Gasteiger partial charge < -0.3 is 5.32 Å². The predicted octanol–water partition coefficient (Wildman–Crippen LogP) is 5.68. The molecule has 0 aliphatic heterocycles. The van der Waals surface area contributed by atoms with Gasteiger partial charge in [0, 0.05) is 35.5 Å². The minimum Gasteiger partial charge on any atom is -0.355 e. The monoisotopic (exact) mass is 430 g/mol. The summed E-state index contributed by atoms with van der Waals surface area (Å²) in [6.45, 7) is 4.00. The van der Waals surface area contributed by atoms with E-state index in [4.69, 9.17) is 0 Å². The first kappa shape index (κ1) is 22.3. The van der Waals surface area contributed by atoms with Crippen molar-refractivity contribution in [2.45, 2.75) is 23.6 Å². The van der Waals surface area contributed by atoms with Crippen LogP contribution in [0.5, 0.6) is 0 Å². The van der Waals surface area contributed by atoms with Gasteiger partial charge in [0.15, 0.2) is 0 Å². The SMILES string of the molecule is CC.CNC(=O)c1ccccc1Sc1ccc2c(/C=C/c3ccccn3)n(C)nc2c1. The number of hydrogen-bond donors (Lipinski definition) is 1. The molecule has 4 rings (SSSR count). The van der Waals surface area contributed by atoms with Crippen LogP contribution < -0.4 is 5.32 Å². The van der Waals surface area contributed by atoms with Crippen molar-refractivity contribution in [3.05, 3.63) is 83.8 Å². The lowest BCUT2D eigenvalue weighted by atomic mass is 10.2. The molecule has 4 aromatic rings. The Morgan fingerprint density at radius 1 is 1.03 bits per heavy atom. The van der Waals surface area contributed by atoms with Crippen LogP contribution in [0.15, 0.2) is 76.7 Å². The van der Waals surface area contributed by atoms with Gasteiger partial charge in [-0.25, -0.2) is 0 Å². The molecule has 0 aliphatic carbocycles. The Bertz CT molecular complexity index is 1200. The molecule has 0 saturated carbocycles. The minimum absolute atomic E-state index is 0.0889. The number of carbonyl (C=O) groups is 1. The van der Waals surface area contributed by atoms with Gasteiger partial charge in [0.1, 0.15) is 0 Å². The molecule has 0 atom stereocenters. The number of amides is 1. The summed E-state index contributed by atoms with van der Waals surface area (Å²) in [6, 6.07) is 19.6. The van der Waals surface area contributed by atoms with E-state index in [1.165, 1.54) is 0 Å².